The van der Waals surface area contributed by atoms with E-state index in [1.54, 1.807) is 43.4 Å². The lowest BCUT2D eigenvalue weighted by molar-refractivity contribution is -0.133. The molecule has 0 unspecified atom stereocenters. The molecule has 6 heteroatoms. The largest absolute Gasteiger partial charge is 0.459 e. The van der Waals surface area contributed by atoms with Gasteiger partial charge in [-0.15, -0.1) is 0 Å². The van der Waals surface area contributed by atoms with Crippen LogP contribution in [0.2, 0.25) is 0 Å². The van der Waals surface area contributed by atoms with E-state index in [0.29, 0.717) is 0 Å². The van der Waals surface area contributed by atoms with E-state index < -0.39 is 11.9 Å². The van der Waals surface area contributed by atoms with Gasteiger partial charge >= 0.3 is 0 Å². The van der Waals surface area contributed by atoms with E-state index in [1.165, 1.54) is 6.26 Å². The van der Waals surface area contributed by atoms with Crippen molar-refractivity contribution in [3.05, 3.63) is 54.2 Å². The number of rotatable bonds is 5. The molecular formula is C16H19N3O3. The summed E-state index contributed by atoms with van der Waals surface area (Å²) in [5.74, 6) is -0.399. The first-order chi connectivity index (χ1) is 10.5. The maximum absolute atomic E-state index is 12.4. The summed E-state index contributed by atoms with van der Waals surface area (Å²) in [6.45, 7) is 3.58. The van der Waals surface area contributed by atoms with Crippen molar-refractivity contribution in [1.82, 2.24) is 15.2 Å². The van der Waals surface area contributed by atoms with Gasteiger partial charge in [-0.1, -0.05) is 0 Å². The van der Waals surface area contributed by atoms with Crippen molar-refractivity contribution in [2.45, 2.75) is 25.9 Å². The molecule has 2 aromatic heterocycles. The van der Waals surface area contributed by atoms with Crippen LogP contribution in [-0.2, 0) is 4.79 Å². The SMILES string of the molecule is C[C@@H](NC(=O)c1ccco1)C(=O)N(C)[C@@H](C)c1ccncc1. The number of hydrogen-bond donors (Lipinski definition) is 1. The summed E-state index contributed by atoms with van der Waals surface area (Å²) < 4.78 is 5.01. The highest BCUT2D eigenvalue weighted by Crippen LogP contribution is 2.18. The zero-order valence-electron chi connectivity index (χ0n) is 12.8. The number of nitrogens with zero attached hydrogens (tertiary/aromatic N) is 2. The van der Waals surface area contributed by atoms with E-state index in [1.807, 2.05) is 19.1 Å². The number of pyridine rings is 1. The standard InChI is InChI=1S/C16H19N3O3/c1-11(18-15(20)14-5-4-10-22-14)16(21)19(3)12(2)13-6-8-17-9-7-13/h4-12H,1-3H3,(H,18,20)/t11-,12+/m1/s1. The Morgan fingerprint density at radius 2 is 1.91 bits per heavy atom. The average molecular weight is 301 g/mol. The molecule has 2 aromatic rings. The zero-order valence-corrected chi connectivity index (χ0v) is 12.8. The minimum absolute atomic E-state index is 0.113. The van der Waals surface area contributed by atoms with E-state index in [-0.39, 0.29) is 17.7 Å². The summed E-state index contributed by atoms with van der Waals surface area (Å²) in [7, 11) is 1.71. The molecular weight excluding hydrogens is 282 g/mol. The topological polar surface area (TPSA) is 75.4 Å². The van der Waals surface area contributed by atoms with E-state index in [4.69, 9.17) is 4.42 Å². The fourth-order valence-corrected chi connectivity index (χ4v) is 2.10. The quantitative estimate of drug-likeness (QED) is 0.916. The van der Waals surface area contributed by atoms with Crippen molar-refractivity contribution in [1.29, 1.82) is 0 Å². The van der Waals surface area contributed by atoms with Gasteiger partial charge in [0.2, 0.25) is 5.91 Å². The maximum atomic E-state index is 12.4. The summed E-state index contributed by atoms with van der Waals surface area (Å²) in [5.41, 5.74) is 0.982. The molecule has 0 aromatic carbocycles. The molecule has 0 aliphatic carbocycles. The van der Waals surface area contributed by atoms with E-state index in [9.17, 15) is 9.59 Å². The molecule has 0 aliphatic heterocycles. The van der Waals surface area contributed by atoms with Gasteiger partial charge in [-0.3, -0.25) is 14.6 Å². The molecule has 2 atom stereocenters. The van der Waals surface area contributed by atoms with Crippen LogP contribution in [0, 0.1) is 0 Å². The second-order valence-corrected chi connectivity index (χ2v) is 5.08. The summed E-state index contributed by atoms with van der Waals surface area (Å²) in [4.78, 5) is 29.9. The van der Waals surface area contributed by atoms with E-state index in [0.717, 1.165) is 5.56 Å². The zero-order chi connectivity index (χ0) is 16.1. The summed E-state index contributed by atoms with van der Waals surface area (Å²) >= 11 is 0. The van der Waals surface area contributed by atoms with Crippen molar-refractivity contribution in [2.75, 3.05) is 7.05 Å². The predicted molar refractivity (Wildman–Crippen MR) is 81.1 cm³/mol. The summed E-state index contributed by atoms with van der Waals surface area (Å²) in [6, 6.07) is 6.14. The van der Waals surface area contributed by atoms with Crippen LogP contribution >= 0.6 is 0 Å². The van der Waals surface area contributed by atoms with E-state index >= 15 is 0 Å². The molecule has 2 rings (SSSR count). The number of amides is 2. The first-order valence-electron chi connectivity index (χ1n) is 7.01. The molecule has 22 heavy (non-hydrogen) atoms. The molecule has 6 nitrogen and oxygen atoms in total. The van der Waals surface area contributed by atoms with Gasteiger partial charge in [-0.25, -0.2) is 0 Å². The molecule has 116 valence electrons. The smallest absolute Gasteiger partial charge is 0.287 e. The first kappa shape index (κ1) is 15.8. The lowest BCUT2D eigenvalue weighted by Crippen LogP contribution is -2.46. The van der Waals surface area contributed by atoms with Gasteiger partial charge in [0, 0.05) is 19.4 Å². The molecule has 0 spiro atoms. The molecule has 0 fully saturated rings. The van der Waals surface area contributed by atoms with Crippen LogP contribution in [0.5, 0.6) is 0 Å². The summed E-state index contributed by atoms with van der Waals surface area (Å²) in [5, 5.41) is 2.63. The Morgan fingerprint density at radius 3 is 2.50 bits per heavy atom. The lowest BCUT2D eigenvalue weighted by Gasteiger charge is -2.28. The van der Waals surface area contributed by atoms with Crippen molar-refractivity contribution in [3.8, 4) is 0 Å². The van der Waals surface area contributed by atoms with Gasteiger partial charge < -0.3 is 14.6 Å². The highest BCUT2D eigenvalue weighted by molar-refractivity contribution is 5.95. The number of nitrogens with one attached hydrogen (secondary N) is 1. The van der Waals surface area contributed by atoms with Crippen LogP contribution in [0.25, 0.3) is 0 Å². The molecule has 0 saturated heterocycles. The molecule has 0 saturated carbocycles. The Hall–Kier alpha value is -2.63. The van der Waals surface area contributed by atoms with E-state index in [2.05, 4.69) is 10.3 Å². The third-order valence-electron chi connectivity index (χ3n) is 3.58. The monoisotopic (exact) mass is 301 g/mol. The van der Waals surface area contributed by atoms with Gasteiger partial charge in [0.15, 0.2) is 5.76 Å². The van der Waals surface area contributed by atoms with Crippen LogP contribution in [0.3, 0.4) is 0 Å². The molecule has 2 amide bonds. The van der Waals surface area contributed by atoms with Gasteiger partial charge in [0.1, 0.15) is 6.04 Å². The average Bonchev–Trinajstić information content (AvgIpc) is 3.08. The highest BCUT2D eigenvalue weighted by Gasteiger charge is 2.24. The molecule has 0 aliphatic rings. The number of aromatic nitrogens is 1. The van der Waals surface area contributed by atoms with Crippen molar-refractivity contribution in [3.63, 3.8) is 0 Å². The fourth-order valence-electron chi connectivity index (χ4n) is 2.10. The number of likely N-dealkylation sites (N-methyl/N-ethyl adjacent to an activating group) is 1. The van der Waals surface area contributed by atoms with Gasteiger partial charge in [-0.2, -0.15) is 0 Å². The minimum atomic E-state index is -0.646. The third kappa shape index (κ3) is 3.52. The Kier molecular flexibility index (Phi) is 4.93. The van der Waals surface area contributed by atoms with Crippen molar-refractivity contribution < 1.29 is 14.0 Å². The second-order valence-electron chi connectivity index (χ2n) is 5.08. The molecule has 0 bridgehead atoms. The Balaban J connectivity index is 1.99. The first-order valence-corrected chi connectivity index (χ1v) is 7.01. The Morgan fingerprint density at radius 1 is 1.23 bits per heavy atom. The second kappa shape index (κ2) is 6.89. The van der Waals surface area contributed by atoms with Gasteiger partial charge in [-0.05, 0) is 43.7 Å². The van der Waals surface area contributed by atoms with Crippen molar-refractivity contribution >= 4 is 11.8 Å². The van der Waals surface area contributed by atoms with Crippen LogP contribution in [0.4, 0.5) is 0 Å². The number of hydrogen-bond acceptors (Lipinski definition) is 4. The van der Waals surface area contributed by atoms with Crippen molar-refractivity contribution in [2.24, 2.45) is 0 Å². The number of furan rings is 1. The van der Waals surface area contributed by atoms with Crippen LogP contribution in [-0.4, -0.2) is 34.8 Å². The Labute approximate surface area is 129 Å². The number of carbonyl (C=O) groups excluding carboxylic acids is 2. The Bertz CT molecular complexity index is 625. The van der Waals surface area contributed by atoms with Crippen LogP contribution in [0.15, 0.2) is 47.3 Å². The highest BCUT2D eigenvalue weighted by atomic mass is 16.3. The number of carbonyl (C=O) groups is 2. The molecule has 2 heterocycles. The van der Waals surface area contributed by atoms with Gasteiger partial charge in [0.05, 0.1) is 12.3 Å². The molecule has 0 radical (unpaired) electrons. The predicted octanol–water partition coefficient (Wildman–Crippen LogP) is 2.01. The fraction of sp³-hybridized carbons (Fsp3) is 0.312. The molecule has 1 N–H and O–H groups in total. The van der Waals surface area contributed by atoms with Gasteiger partial charge in [0.25, 0.3) is 5.91 Å². The normalized spacial score (nSPS) is 13.2. The lowest BCUT2D eigenvalue weighted by atomic mass is 10.1. The minimum Gasteiger partial charge on any atom is -0.459 e. The third-order valence-corrected chi connectivity index (χ3v) is 3.58. The van der Waals surface area contributed by atoms with Crippen LogP contribution in [0.1, 0.15) is 36.0 Å². The maximum Gasteiger partial charge on any atom is 0.287 e. The van der Waals surface area contributed by atoms with Crippen LogP contribution < -0.4 is 5.32 Å². The summed E-state index contributed by atoms with van der Waals surface area (Å²) in [6.07, 6.45) is 4.79.